The van der Waals surface area contributed by atoms with E-state index >= 15 is 0 Å². The van der Waals surface area contributed by atoms with Crippen molar-refractivity contribution in [2.24, 2.45) is 0 Å². The van der Waals surface area contributed by atoms with Crippen molar-refractivity contribution in [1.29, 1.82) is 0 Å². The van der Waals surface area contributed by atoms with Gasteiger partial charge in [-0.15, -0.1) is 11.3 Å². The molecular formula is C20H21NO3S. The number of Topliss-reactive ketones (excluding diaryl/α,β-unsaturated/α-hetero) is 1. The number of hydrogen-bond acceptors (Lipinski definition) is 5. The Morgan fingerprint density at radius 3 is 2.68 bits per heavy atom. The number of phenolic OH excluding ortho intramolecular Hbond substituents is 1. The Bertz CT molecular complexity index is 803. The van der Waals surface area contributed by atoms with Gasteiger partial charge < -0.3 is 9.84 Å². The van der Waals surface area contributed by atoms with Gasteiger partial charge >= 0.3 is 0 Å². The maximum absolute atomic E-state index is 12.6. The van der Waals surface area contributed by atoms with E-state index in [4.69, 9.17) is 4.74 Å². The Hall–Kier alpha value is -2.11. The normalized spacial score (nSPS) is 19.7. The van der Waals surface area contributed by atoms with Crippen LogP contribution in [0.25, 0.3) is 6.08 Å². The number of likely N-dealkylation sites (tertiary alicyclic amines) is 1. The molecule has 0 spiro atoms. The fourth-order valence-corrected chi connectivity index (χ4v) is 4.12. The lowest BCUT2D eigenvalue weighted by Gasteiger charge is -2.21. The Morgan fingerprint density at radius 1 is 1.16 bits per heavy atom. The van der Waals surface area contributed by atoms with Crippen LogP contribution < -0.4 is 4.74 Å². The van der Waals surface area contributed by atoms with Crippen LogP contribution in [0.5, 0.6) is 11.5 Å². The number of aromatic hydroxyl groups is 1. The highest BCUT2D eigenvalue weighted by molar-refractivity contribution is 7.10. The van der Waals surface area contributed by atoms with Crippen molar-refractivity contribution < 1.29 is 14.6 Å². The lowest BCUT2D eigenvalue weighted by molar-refractivity contribution is 0.101. The minimum atomic E-state index is -0.111. The standard InChI is InChI=1S/C20H21NO3S/c22-17-8-7-15-19(23)18(12-14-6-5-11-25-14)24-20(15)16(17)13-21-9-3-1-2-4-10-21/h5-8,11-12,22H,1-4,9-10,13H2/b18-12-. The Balaban J connectivity index is 1.64. The highest BCUT2D eigenvalue weighted by Crippen LogP contribution is 2.40. The van der Waals surface area contributed by atoms with Gasteiger partial charge in [-0.1, -0.05) is 18.9 Å². The van der Waals surface area contributed by atoms with Gasteiger partial charge in [-0.2, -0.15) is 0 Å². The molecule has 0 radical (unpaired) electrons. The maximum atomic E-state index is 12.6. The molecule has 1 N–H and O–H groups in total. The van der Waals surface area contributed by atoms with Crippen molar-refractivity contribution >= 4 is 23.2 Å². The minimum absolute atomic E-state index is 0.111. The second-order valence-electron chi connectivity index (χ2n) is 6.59. The number of phenols is 1. The third kappa shape index (κ3) is 3.34. The molecule has 1 aromatic heterocycles. The summed E-state index contributed by atoms with van der Waals surface area (Å²) in [6, 6.07) is 7.17. The first kappa shape index (κ1) is 16.4. The van der Waals surface area contributed by atoms with Gasteiger partial charge in [-0.05, 0) is 49.5 Å². The van der Waals surface area contributed by atoms with E-state index < -0.39 is 0 Å². The van der Waals surface area contributed by atoms with Gasteiger partial charge in [-0.25, -0.2) is 0 Å². The minimum Gasteiger partial charge on any atom is -0.507 e. The van der Waals surface area contributed by atoms with E-state index in [0.29, 0.717) is 23.6 Å². The second-order valence-corrected chi connectivity index (χ2v) is 7.56. The topological polar surface area (TPSA) is 49.8 Å². The number of carbonyl (C=O) groups excluding carboxylic acids is 1. The predicted molar refractivity (Wildman–Crippen MR) is 99.1 cm³/mol. The van der Waals surface area contributed by atoms with Gasteiger partial charge in [-0.3, -0.25) is 9.69 Å². The molecular weight excluding hydrogens is 334 g/mol. The summed E-state index contributed by atoms with van der Waals surface area (Å²) in [5, 5.41) is 12.3. The Labute approximate surface area is 151 Å². The number of thiophene rings is 1. The first-order chi connectivity index (χ1) is 12.2. The van der Waals surface area contributed by atoms with Crippen LogP contribution in [0.2, 0.25) is 0 Å². The molecule has 25 heavy (non-hydrogen) atoms. The van der Waals surface area contributed by atoms with Crippen molar-refractivity contribution in [3.8, 4) is 11.5 Å². The number of benzene rings is 1. The fourth-order valence-electron chi connectivity index (χ4n) is 3.47. The molecule has 0 saturated carbocycles. The first-order valence-corrected chi connectivity index (χ1v) is 9.65. The van der Waals surface area contributed by atoms with Crippen molar-refractivity contribution in [1.82, 2.24) is 4.90 Å². The second kappa shape index (κ2) is 7.02. The molecule has 0 atom stereocenters. The molecule has 0 unspecified atom stereocenters. The highest BCUT2D eigenvalue weighted by atomic mass is 32.1. The summed E-state index contributed by atoms with van der Waals surface area (Å²) >= 11 is 1.56. The molecule has 4 nitrogen and oxygen atoms in total. The molecule has 0 bridgehead atoms. The summed E-state index contributed by atoms with van der Waals surface area (Å²) < 4.78 is 5.91. The molecule has 1 fully saturated rings. The van der Waals surface area contributed by atoms with E-state index in [1.54, 1.807) is 29.5 Å². The largest absolute Gasteiger partial charge is 0.507 e. The maximum Gasteiger partial charge on any atom is 0.232 e. The average Bonchev–Trinajstić information content (AvgIpc) is 3.13. The number of hydrogen-bond donors (Lipinski definition) is 1. The third-order valence-electron chi connectivity index (χ3n) is 4.81. The quantitative estimate of drug-likeness (QED) is 0.827. The Morgan fingerprint density at radius 2 is 1.96 bits per heavy atom. The van der Waals surface area contributed by atoms with Gasteiger partial charge in [0, 0.05) is 17.5 Å². The number of fused-ring (bicyclic) bond motifs is 1. The molecule has 2 aliphatic rings. The van der Waals surface area contributed by atoms with Gasteiger partial charge in [0.25, 0.3) is 0 Å². The number of nitrogens with zero attached hydrogens (tertiary/aromatic N) is 1. The summed E-state index contributed by atoms with van der Waals surface area (Å²) in [7, 11) is 0. The number of rotatable bonds is 3. The predicted octanol–water partition coefficient (Wildman–Crippen LogP) is 4.45. The zero-order chi connectivity index (χ0) is 17.2. The van der Waals surface area contributed by atoms with E-state index in [0.717, 1.165) is 23.5 Å². The van der Waals surface area contributed by atoms with Gasteiger partial charge in [0.05, 0.1) is 11.1 Å². The number of ketones is 1. The molecule has 2 aromatic rings. The smallest absolute Gasteiger partial charge is 0.232 e. The molecule has 0 amide bonds. The highest BCUT2D eigenvalue weighted by Gasteiger charge is 2.31. The average molecular weight is 355 g/mol. The molecule has 0 aliphatic carbocycles. The van der Waals surface area contributed by atoms with E-state index in [-0.39, 0.29) is 11.5 Å². The van der Waals surface area contributed by atoms with Crippen molar-refractivity contribution in [2.75, 3.05) is 13.1 Å². The Kier molecular flexibility index (Phi) is 4.59. The zero-order valence-corrected chi connectivity index (χ0v) is 14.8. The van der Waals surface area contributed by atoms with Crippen LogP contribution in [-0.2, 0) is 6.54 Å². The number of allylic oxidation sites excluding steroid dienone is 1. The van der Waals surface area contributed by atoms with Gasteiger partial charge in [0.15, 0.2) is 5.76 Å². The lowest BCUT2D eigenvalue weighted by atomic mass is 10.0. The van der Waals surface area contributed by atoms with Crippen LogP contribution in [0.3, 0.4) is 0 Å². The molecule has 130 valence electrons. The third-order valence-corrected chi connectivity index (χ3v) is 5.63. The summed E-state index contributed by atoms with van der Waals surface area (Å²) in [6.07, 6.45) is 6.66. The van der Waals surface area contributed by atoms with Crippen LogP contribution in [0, 0.1) is 0 Å². The first-order valence-electron chi connectivity index (χ1n) is 8.77. The van der Waals surface area contributed by atoms with E-state index in [1.165, 1.54) is 25.7 Å². The van der Waals surface area contributed by atoms with Crippen LogP contribution in [0.4, 0.5) is 0 Å². The van der Waals surface area contributed by atoms with Crippen LogP contribution >= 0.6 is 11.3 Å². The SMILES string of the molecule is O=C1/C(=C/c2cccs2)Oc2c1ccc(O)c2CN1CCCCCC1. The molecule has 1 saturated heterocycles. The summed E-state index contributed by atoms with van der Waals surface area (Å²) in [4.78, 5) is 16.0. The van der Waals surface area contributed by atoms with Crippen LogP contribution in [0.15, 0.2) is 35.4 Å². The lowest BCUT2D eigenvalue weighted by Crippen LogP contribution is -2.24. The fraction of sp³-hybridized carbons (Fsp3) is 0.350. The van der Waals surface area contributed by atoms with Gasteiger partial charge in [0.2, 0.25) is 5.78 Å². The van der Waals surface area contributed by atoms with Crippen molar-refractivity contribution in [3.05, 3.63) is 51.4 Å². The van der Waals surface area contributed by atoms with E-state index in [1.807, 2.05) is 17.5 Å². The number of carbonyl (C=O) groups is 1. The van der Waals surface area contributed by atoms with Crippen molar-refractivity contribution in [3.63, 3.8) is 0 Å². The van der Waals surface area contributed by atoms with Crippen LogP contribution in [-0.4, -0.2) is 28.9 Å². The summed E-state index contributed by atoms with van der Waals surface area (Å²) in [6.45, 7) is 2.67. The molecule has 4 rings (SSSR count). The summed E-state index contributed by atoms with van der Waals surface area (Å²) in [5.74, 6) is 0.950. The van der Waals surface area contributed by atoms with E-state index in [9.17, 15) is 9.90 Å². The molecule has 2 aliphatic heterocycles. The monoisotopic (exact) mass is 355 g/mol. The zero-order valence-electron chi connectivity index (χ0n) is 14.0. The molecule has 5 heteroatoms. The molecule has 3 heterocycles. The molecule has 1 aromatic carbocycles. The number of ether oxygens (including phenoxy) is 1. The summed E-state index contributed by atoms with van der Waals surface area (Å²) in [5.41, 5.74) is 1.27. The van der Waals surface area contributed by atoms with Gasteiger partial charge in [0.1, 0.15) is 11.5 Å². The van der Waals surface area contributed by atoms with Crippen molar-refractivity contribution in [2.45, 2.75) is 32.2 Å². The van der Waals surface area contributed by atoms with E-state index in [2.05, 4.69) is 4.90 Å². The van der Waals surface area contributed by atoms with Crippen LogP contribution in [0.1, 0.15) is 46.5 Å².